The Morgan fingerprint density at radius 1 is 0.653 bits per heavy atom. The van der Waals surface area contributed by atoms with Crippen molar-refractivity contribution in [2.45, 2.75) is 158 Å². The van der Waals surface area contributed by atoms with E-state index in [9.17, 15) is 16.8 Å². The molecule has 0 aliphatic carbocycles. The van der Waals surface area contributed by atoms with Crippen LogP contribution in [0.25, 0.3) is 0 Å². The molecule has 8 rings (SSSR count). The molecule has 6 heterocycles. The molecule has 0 fully saturated rings. The number of hydrogen-bond acceptors (Lipinski definition) is 15. The number of anilines is 2. The predicted octanol–water partition coefficient (Wildman–Crippen LogP) is 8.46. The molecule has 0 bridgehead atoms. The van der Waals surface area contributed by atoms with Gasteiger partial charge in [0.05, 0.1) is 48.5 Å². The molecule has 0 saturated carbocycles. The lowest BCUT2D eigenvalue weighted by Gasteiger charge is -2.48. The van der Waals surface area contributed by atoms with E-state index in [1.165, 1.54) is 22.5 Å². The topological polar surface area (TPSA) is 219 Å². The molecule has 408 valence electrons. The summed E-state index contributed by atoms with van der Waals surface area (Å²) in [5.74, 6) is 2.14. The maximum absolute atomic E-state index is 11.8. The van der Waals surface area contributed by atoms with Crippen LogP contribution in [0, 0.1) is 24.7 Å². The molecule has 2 aromatic carbocycles. The number of aliphatic imine (C=N–C) groups is 2. The van der Waals surface area contributed by atoms with Gasteiger partial charge in [-0.25, -0.2) is 46.2 Å². The van der Waals surface area contributed by atoms with Gasteiger partial charge in [-0.15, -0.1) is 19.8 Å². The lowest BCUT2D eigenvalue weighted by Crippen LogP contribution is -2.50. The van der Waals surface area contributed by atoms with Gasteiger partial charge >= 0.3 is 0 Å². The van der Waals surface area contributed by atoms with Crippen molar-refractivity contribution in [2.75, 3.05) is 61.7 Å². The maximum atomic E-state index is 11.8. The third kappa shape index (κ3) is 11.9. The predicted molar refractivity (Wildman–Crippen MR) is 302 cm³/mol. The molecule has 0 amide bonds. The Morgan fingerprint density at radius 3 is 1.35 bits per heavy atom. The van der Waals surface area contributed by atoms with Gasteiger partial charge in [-0.1, -0.05) is 69.2 Å². The van der Waals surface area contributed by atoms with Crippen molar-refractivity contribution in [3.8, 4) is 0 Å². The third-order valence-corrected chi connectivity index (χ3v) is 16.3. The Labute approximate surface area is 445 Å². The highest BCUT2D eigenvalue weighted by atomic mass is 32.2. The van der Waals surface area contributed by atoms with E-state index in [0.29, 0.717) is 47.9 Å². The van der Waals surface area contributed by atoms with E-state index >= 15 is 0 Å². The normalized spacial score (nSPS) is 21.3. The zero-order valence-electron chi connectivity index (χ0n) is 47.5. The van der Waals surface area contributed by atoms with Crippen molar-refractivity contribution in [1.82, 2.24) is 39.2 Å². The van der Waals surface area contributed by atoms with Gasteiger partial charge in [-0.05, 0) is 113 Å². The number of aryl methyl sites for hydroxylation is 2. The molecule has 4 aliphatic heterocycles. The molecule has 2 N–H and O–H groups in total. The van der Waals surface area contributed by atoms with Crippen LogP contribution >= 0.6 is 0 Å². The summed E-state index contributed by atoms with van der Waals surface area (Å²) < 4.78 is 59.0. The number of nitrogens with one attached hydrogen (secondary N) is 2. The van der Waals surface area contributed by atoms with Crippen LogP contribution in [-0.2, 0) is 24.8 Å². The fraction of sp³-hybridized carbons (Fsp3) is 0.630. The second kappa shape index (κ2) is 20.0. The van der Waals surface area contributed by atoms with Gasteiger partial charge in [-0.2, -0.15) is 10.2 Å². The van der Waals surface area contributed by atoms with Crippen molar-refractivity contribution >= 4 is 65.6 Å². The van der Waals surface area contributed by atoms with Crippen LogP contribution in [0.1, 0.15) is 179 Å². The maximum Gasteiger partial charge on any atom is 0.208 e. The minimum Gasteiger partial charge on any atom is -0.378 e. The van der Waals surface area contributed by atoms with E-state index in [1.54, 1.807) is 9.58 Å². The zero-order valence-corrected chi connectivity index (χ0v) is 49.1. The number of hydrogen-bond donors (Lipinski definition) is 2. The van der Waals surface area contributed by atoms with Crippen LogP contribution < -0.4 is 19.2 Å². The van der Waals surface area contributed by atoms with Crippen LogP contribution in [-0.4, -0.2) is 132 Å². The monoisotopic (exact) mass is 1070 g/mol. The number of ether oxygens (including phenoxy) is 1. The van der Waals surface area contributed by atoms with E-state index in [4.69, 9.17) is 34.9 Å². The first kappa shape index (κ1) is 56.0. The van der Waals surface area contributed by atoms with Gasteiger partial charge in [0.1, 0.15) is 11.4 Å². The van der Waals surface area contributed by atoms with Crippen LogP contribution in [0.3, 0.4) is 0 Å². The van der Waals surface area contributed by atoms with Gasteiger partial charge < -0.3 is 14.5 Å². The van der Waals surface area contributed by atoms with E-state index in [-0.39, 0.29) is 58.7 Å². The third-order valence-electron chi connectivity index (χ3n) is 14.9. The quantitative estimate of drug-likeness (QED) is 0.101. The zero-order chi connectivity index (χ0) is 55.1. The van der Waals surface area contributed by atoms with Crippen LogP contribution in [0.4, 0.5) is 22.7 Å². The van der Waals surface area contributed by atoms with E-state index in [0.717, 1.165) is 72.4 Å². The standard InChI is InChI=1S/C54H80N14O5S2/c1-31-23-41-37(25-39(31)57-43-45(51(7,8)9)61-67-49(43)59-47(63-67)35(5)29-55-74(17,69)70)33(3)27-53(13,14)65(41)19-21-73-22-20-66-42-24-32(2)40(26-38(42)34(4)28-54(66,15)16)58-44-46(52(10,11)12)62-68-50(44)60-48(64-68)36(6)30-56-75(18,71)72/h23-26,33-36,55-56H,19-22,27-30H2,1-18H3. The fourth-order valence-corrected chi connectivity index (χ4v) is 12.0. The summed E-state index contributed by atoms with van der Waals surface area (Å²) >= 11 is 0. The fourth-order valence-electron chi connectivity index (χ4n) is 10.9. The number of benzene rings is 2. The summed E-state index contributed by atoms with van der Waals surface area (Å²) in [6.07, 6.45) is 4.21. The van der Waals surface area contributed by atoms with E-state index in [2.05, 4.69) is 151 Å². The lowest BCUT2D eigenvalue weighted by molar-refractivity contribution is 0.136. The SMILES string of the molecule is Cc1cc2c(cc1N=C1C(C(C)(C)C)=Nn3nc(C(C)CNS(C)(=O)=O)nc31)C(C)CC(C)(C)N2CCOCCN1c2cc(C)c(N=C3C(C(C)(C)C)=Nn4nc(C(C)CNS(C)(=O)=O)nc43)cc2C(C)CC1(C)C. The van der Waals surface area contributed by atoms with Crippen LogP contribution in [0.2, 0.25) is 0 Å². The molecular formula is C54H80N14O5S2. The van der Waals surface area contributed by atoms with Crippen LogP contribution in [0.5, 0.6) is 0 Å². The number of rotatable bonds is 16. The first-order valence-electron chi connectivity index (χ1n) is 26.2. The van der Waals surface area contributed by atoms with Gasteiger partial charge in [0, 0.05) is 71.3 Å². The largest absolute Gasteiger partial charge is 0.378 e. The summed E-state index contributed by atoms with van der Waals surface area (Å²) in [5.41, 5.74) is 10.7. The highest BCUT2D eigenvalue weighted by molar-refractivity contribution is 7.89. The molecule has 2 aromatic heterocycles. The Morgan fingerprint density at radius 2 is 1.01 bits per heavy atom. The molecule has 21 heteroatoms. The minimum absolute atomic E-state index is 0.114. The second-order valence-corrected chi connectivity index (χ2v) is 28.5. The molecule has 4 unspecified atom stereocenters. The Bertz CT molecular complexity index is 3030. The molecule has 0 radical (unpaired) electrons. The molecule has 0 saturated heterocycles. The Hall–Kier alpha value is -5.22. The molecule has 0 spiro atoms. The summed E-state index contributed by atoms with van der Waals surface area (Å²) in [6, 6.07) is 9.01. The second-order valence-electron chi connectivity index (χ2n) is 24.9. The van der Waals surface area contributed by atoms with Gasteiger partial charge in [-0.3, -0.25) is 0 Å². The van der Waals surface area contributed by atoms with Crippen molar-refractivity contribution in [2.24, 2.45) is 31.0 Å². The summed E-state index contributed by atoms with van der Waals surface area (Å²) in [4.78, 5) is 28.5. The van der Waals surface area contributed by atoms with Crippen molar-refractivity contribution in [1.29, 1.82) is 0 Å². The first-order valence-corrected chi connectivity index (χ1v) is 30.0. The molecule has 4 aromatic rings. The van der Waals surface area contributed by atoms with E-state index < -0.39 is 20.0 Å². The number of aromatic nitrogens is 6. The average molecular weight is 1070 g/mol. The smallest absolute Gasteiger partial charge is 0.208 e. The highest BCUT2D eigenvalue weighted by Gasteiger charge is 2.41. The van der Waals surface area contributed by atoms with Gasteiger partial charge in [0.2, 0.25) is 31.7 Å². The van der Waals surface area contributed by atoms with Crippen molar-refractivity contribution in [3.63, 3.8) is 0 Å². The van der Waals surface area contributed by atoms with Gasteiger partial charge in [0.15, 0.2) is 11.6 Å². The van der Waals surface area contributed by atoms with E-state index in [1.807, 2.05) is 13.8 Å². The number of nitrogens with zero attached hydrogens (tertiary/aromatic N) is 12. The summed E-state index contributed by atoms with van der Waals surface area (Å²) in [5, 5.41) is 19.1. The first-order chi connectivity index (χ1) is 34.6. The van der Waals surface area contributed by atoms with Gasteiger partial charge in [0.25, 0.3) is 0 Å². The van der Waals surface area contributed by atoms with Crippen LogP contribution in [0.15, 0.2) is 44.5 Å². The molecule has 4 aliphatic rings. The highest BCUT2D eigenvalue weighted by Crippen LogP contribution is 2.48. The average Bonchev–Trinajstić information content (AvgIpc) is 4.05. The molecule has 19 nitrogen and oxygen atoms in total. The lowest BCUT2D eigenvalue weighted by atomic mass is 9.79. The Kier molecular flexibility index (Phi) is 14.9. The number of fused-ring (bicyclic) bond motifs is 4. The van der Waals surface area contributed by atoms with Crippen molar-refractivity contribution < 1.29 is 21.6 Å². The molecular weight excluding hydrogens is 989 g/mol. The Balaban J connectivity index is 0.994. The van der Waals surface area contributed by atoms with Crippen molar-refractivity contribution in [3.05, 3.63) is 69.8 Å². The molecule has 4 atom stereocenters. The minimum atomic E-state index is -3.37. The summed E-state index contributed by atoms with van der Waals surface area (Å²) in [6.45, 7) is 37.4. The molecule has 75 heavy (non-hydrogen) atoms. The summed E-state index contributed by atoms with van der Waals surface area (Å²) in [7, 11) is -6.74. The number of sulfonamides is 2.